The van der Waals surface area contributed by atoms with E-state index in [-0.39, 0.29) is 24.1 Å². The summed E-state index contributed by atoms with van der Waals surface area (Å²) >= 11 is 4.76. The SMILES string of the molecule is Cc1ccccc1C(=O)NCc1nnc(SCC(=O)Nc2c(C)cc(Br)cc2C)n1C. The number of rotatable bonds is 7. The van der Waals surface area contributed by atoms with Gasteiger partial charge in [0.1, 0.15) is 0 Å². The molecule has 3 rings (SSSR count). The molecule has 9 heteroatoms. The lowest BCUT2D eigenvalue weighted by Crippen LogP contribution is -2.25. The van der Waals surface area contributed by atoms with Crippen LogP contribution in [-0.2, 0) is 18.4 Å². The van der Waals surface area contributed by atoms with Gasteiger partial charge in [-0.15, -0.1) is 10.2 Å². The zero-order valence-electron chi connectivity index (χ0n) is 17.8. The topological polar surface area (TPSA) is 88.9 Å². The molecule has 0 aliphatic carbocycles. The van der Waals surface area contributed by atoms with Crippen LogP contribution in [0.15, 0.2) is 46.0 Å². The Hall–Kier alpha value is -2.65. The zero-order chi connectivity index (χ0) is 22.5. The summed E-state index contributed by atoms with van der Waals surface area (Å²) in [5.74, 6) is 0.548. The minimum absolute atomic E-state index is 0.115. The summed E-state index contributed by atoms with van der Waals surface area (Å²) in [6.45, 7) is 6.07. The van der Waals surface area contributed by atoms with Crippen LogP contribution in [0.3, 0.4) is 0 Å². The summed E-state index contributed by atoms with van der Waals surface area (Å²) in [4.78, 5) is 24.8. The number of carbonyl (C=O) groups excluding carboxylic acids is 2. The Labute approximate surface area is 194 Å². The third-order valence-corrected chi connectivity index (χ3v) is 6.29. The molecule has 0 saturated carbocycles. The average Bonchev–Trinajstić information content (AvgIpc) is 3.07. The van der Waals surface area contributed by atoms with E-state index in [1.807, 2.05) is 58.2 Å². The molecule has 0 aliphatic heterocycles. The quantitative estimate of drug-likeness (QED) is 0.474. The number of thioether (sulfide) groups is 1. The van der Waals surface area contributed by atoms with Crippen LogP contribution in [0.25, 0.3) is 0 Å². The van der Waals surface area contributed by atoms with Crippen LogP contribution in [-0.4, -0.2) is 32.3 Å². The average molecular weight is 502 g/mol. The van der Waals surface area contributed by atoms with Gasteiger partial charge in [-0.2, -0.15) is 0 Å². The van der Waals surface area contributed by atoms with Gasteiger partial charge in [0.05, 0.1) is 12.3 Å². The highest BCUT2D eigenvalue weighted by molar-refractivity contribution is 9.10. The molecule has 0 aliphatic rings. The first-order valence-electron chi connectivity index (χ1n) is 9.67. The van der Waals surface area contributed by atoms with Gasteiger partial charge < -0.3 is 15.2 Å². The fraction of sp³-hybridized carbons (Fsp3) is 0.273. The molecule has 2 N–H and O–H groups in total. The van der Waals surface area contributed by atoms with E-state index in [2.05, 4.69) is 36.8 Å². The highest BCUT2D eigenvalue weighted by atomic mass is 79.9. The number of benzene rings is 2. The van der Waals surface area contributed by atoms with Crippen LogP contribution >= 0.6 is 27.7 Å². The Kier molecular flexibility index (Phi) is 7.50. The number of aromatic nitrogens is 3. The lowest BCUT2D eigenvalue weighted by atomic mass is 10.1. The molecule has 3 aromatic rings. The van der Waals surface area contributed by atoms with E-state index >= 15 is 0 Å². The fourth-order valence-electron chi connectivity index (χ4n) is 3.12. The molecule has 2 aromatic carbocycles. The molecule has 0 atom stereocenters. The first-order valence-corrected chi connectivity index (χ1v) is 11.5. The second-order valence-corrected chi connectivity index (χ2v) is 9.07. The normalized spacial score (nSPS) is 10.7. The number of anilines is 1. The highest BCUT2D eigenvalue weighted by Gasteiger charge is 2.15. The number of halogens is 1. The maximum atomic E-state index is 12.4. The maximum Gasteiger partial charge on any atom is 0.251 e. The molecule has 1 aromatic heterocycles. The summed E-state index contributed by atoms with van der Waals surface area (Å²) in [6, 6.07) is 11.4. The van der Waals surface area contributed by atoms with Crippen molar-refractivity contribution in [2.45, 2.75) is 32.5 Å². The molecule has 1 heterocycles. The van der Waals surface area contributed by atoms with Crippen molar-refractivity contribution >= 4 is 45.2 Å². The molecule has 162 valence electrons. The van der Waals surface area contributed by atoms with Gasteiger partial charge in [-0.1, -0.05) is 45.9 Å². The fourth-order valence-corrected chi connectivity index (χ4v) is 4.54. The van der Waals surface area contributed by atoms with E-state index in [1.54, 1.807) is 10.6 Å². The molecule has 2 amide bonds. The van der Waals surface area contributed by atoms with E-state index in [0.717, 1.165) is 26.9 Å². The molecule has 0 saturated heterocycles. The van der Waals surface area contributed by atoms with E-state index < -0.39 is 0 Å². The van der Waals surface area contributed by atoms with Crippen LogP contribution in [0.2, 0.25) is 0 Å². The van der Waals surface area contributed by atoms with Gasteiger partial charge in [-0.25, -0.2) is 0 Å². The van der Waals surface area contributed by atoms with Crippen molar-refractivity contribution in [3.05, 3.63) is 68.9 Å². The van der Waals surface area contributed by atoms with Crippen molar-refractivity contribution in [1.82, 2.24) is 20.1 Å². The first kappa shape index (κ1) is 23.0. The predicted molar refractivity (Wildman–Crippen MR) is 126 cm³/mol. The molecule has 0 unspecified atom stereocenters. The van der Waals surface area contributed by atoms with Crippen molar-refractivity contribution in [3.63, 3.8) is 0 Å². The number of hydrogen-bond acceptors (Lipinski definition) is 5. The van der Waals surface area contributed by atoms with Crippen molar-refractivity contribution in [1.29, 1.82) is 0 Å². The Morgan fingerprint density at radius 1 is 1.06 bits per heavy atom. The molecule has 31 heavy (non-hydrogen) atoms. The number of nitrogens with one attached hydrogen (secondary N) is 2. The number of hydrogen-bond donors (Lipinski definition) is 2. The Morgan fingerprint density at radius 2 is 1.74 bits per heavy atom. The van der Waals surface area contributed by atoms with Crippen LogP contribution in [0, 0.1) is 20.8 Å². The van der Waals surface area contributed by atoms with Crippen molar-refractivity contribution < 1.29 is 9.59 Å². The van der Waals surface area contributed by atoms with Gasteiger partial charge in [0.2, 0.25) is 5.91 Å². The van der Waals surface area contributed by atoms with Crippen LogP contribution < -0.4 is 10.6 Å². The predicted octanol–water partition coefficient (Wildman–Crippen LogP) is 4.16. The minimum Gasteiger partial charge on any atom is -0.345 e. The number of carbonyl (C=O) groups is 2. The van der Waals surface area contributed by atoms with Gasteiger partial charge in [0, 0.05) is 22.8 Å². The molecular formula is C22H24BrN5O2S. The second-order valence-electron chi connectivity index (χ2n) is 7.21. The van der Waals surface area contributed by atoms with E-state index in [9.17, 15) is 9.59 Å². The molecule has 0 radical (unpaired) electrons. The Balaban J connectivity index is 1.56. The molecular weight excluding hydrogens is 478 g/mol. The largest absolute Gasteiger partial charge is 0.345 e. The first-order chi connectivity index (χ1) is 14.8. The van der Waals surface area contributed by atoms with E-state index in [0.29, 0.717) is 16.5 Å². The second kappa shape index (κ2) is 10.1. The zero-order valence-corrected chi connectivity index (χ0v) is 20.2. The third-order valence-electron chi connectivity index (χ3n) is 4.82. The van der Waals surface area contributed by atoms with Gasteiger partial charge in [0.25, 0.3) is 5.91 Å². The molecule has 0 fully saturated rings. The third kappa shape index (κ3) is 5.74. The summed E-state index contributed by atoms with van der Waals surface area (Å²) < 4.78 is 2.77. The van der Waals surface area contributed by atoms with Crippen molar-refractivity contribution in [3.8, 4) is 0 Å². The lowest BCUT2D eigenvalue weighted by Gasteiger charge is -2.12. The summed E-state index contributed by atoms with van der Waals surface area (Å²) in [5, 5.41) is 14.7. The Bertz CT molecular complexity index is 1110. The summed E-state index contributed by atoms with van der Waals surface area (Å²) in [5.41, 5.74) is 4.36. The van der Waals surface area contributed by atoms with Crippen LogP contribution in [0.5, 0.6) is 0 Å². The maximum absolute atomic E-state index is 12.4. The molecule has 0 spiro atoms. The van der Waals surface area contributed by atoms with Gasteiger partial charge >= 0.3 is 0 Å². The number of nitrogens with zero attached hydrogens (tertiary/aromatic N) is 3. The standard InChI is InChI=1S/C22H24BrN5O2S/c1-13-7-5-6-8-17(13)21(30)24-11-18-26-27-22(28(18)4)31-12-19(29)25-20-14(2)9-16(23)10-15(20)3/h5-10H,11-12H2,1-4H3,(H,24,30)(H,25,29). The van der Waals surface area contributed by atoms with Gasteiger partial charge in [-0.05, 0) is 55.7 Å². The van der Waals surface area contributed by atoms with E-state index in [4.69, 9.17) is 0 Å². The Morgan fingerprint density at radius 3 is 2.42 bits per heavy atom. The smallest absolute Gasteiger partial charge is 0.251 e. The highest BCUT2D eigenvalue weighted by Crippen LogP contribution is 2.25. The molecule has 0 bridgehead atoms. The van der Waals surface area contributed by atoms with Crippen molar-refractivity contribution in [2.24, 2.45) is 7.05 Å². The lowest BCUT2D eigenvalue weighted by molar-refractivity contribution is -0.113. The number of amides is 2. The van der Waals surface area contributed by atoms with Crippen LogP contribution in [0.1, 0.15) is 32.9 Å². The van der Waals surface area contributed by atoms with E-state index in [1.165, 1.54) is 11.8 Å². The van der Waals surface area contributed by atoms with Gasteiger partial charge in [0.15, 0.2) is 11.0 Å². The molecule has 7 nitrogen and oxygen atoms in total. The van der Waals surface area contributed by atoms with Gasteiger partial charge in [-0.3, -0.25) is 9.59 Å². The monoisotopic (exact) mass is 501 g/mol. The van der Waals surface area contributed by atoms with Crippen molar-refractivity contribution in [2.75, 3.05) is 11.1 Å². The summed E-state index contributed by atoms with van der Waals surface area (Å²) in [6.07, 6.45) is 0. The van der Waals surface area contributed by atoms with Crippen LogP contribution in [0.4, 0.5) is 5.69 Å². The summed E-state index contributed by atoms with van der Waals surface area (Å²) in [7, 11) is 1.82. The number of aryl methyl sites for hydroxylation is 3. The minimum atomic E-state index is -0.157.